The number of hydrogen-bond acceptors (Lipinski definition) is 2. The summed E-state index contributed by atoms with van der Waals surface area (Å²) < 4.78 is 0. The Bertz CT molecular complexity index is 503. The first-order valence-electron chi connectivity index (χ1n) is 4.51. The van der Waals surface area contributed by atoms with E-state index >= 15 is 0 Å². The molecule has 1 aromatic carbocycles. The topological polar surface area (TPSA) is 63.3 Å². The van der Waals surface area contributed by atoms with Crippen molar-refractivity contribution in [1.82, 2.24) is 0 Å². The van der Waals surface area contributed by atoms with Gasteiger partial charge in [-0.15, -0.1) is 0 Å². The van der Waals surface area contributed by atoms with Crippen LogP contribution in [-0.2, 0) is 0 Å². The standard InChI is InChI=1S/C11H11NO2/c12-10-6-8-4-2-1-3-7(8)5-9(10)11(13)14/h3-6H,1-2,12H2,(H,13,14). The molecule has 0 aliphatic heterocycles. The van der Waals surface area contributed by atoms with Crippen LogP contribution < -0.4 is 16.2 Å². The molecule has 0 spiro atoms. The molecule has 3 nitrogen and oxygen atoms in total. The van der Waals surface area contributed by atoms with Crippen LogP contribution in [0, 0.1) is 0 Å². The van der Waals surface area contributed by atoms with Gasteiger partial charge >= 0.3 is 5.97 Å². The van der Waals surface area contributed by atoms with Crippen LogP contribution in [0.25, 0.3) is 12.2 Å². The molecular formula is C11H11NO2. The lowest BCUT2D eigenvalue weighted by Crippen LogP contribution is -2.28. The van der Waals surface area contributed by atoms with E-state index in [0.29, 0.717) is 5.69 Å². The Hall–Kier alpha value is -1.77. The molecule has 3 heteroatoms. The third-order valence-corrected chi connectivity index (χ3v) is 2.38. The Balaban J connectivity index is 2.76. The summed E-state index contributed by atoms with van der Waals surface area (Å²) in [6.07, 6.45) is 6.09. The minimum Gasteiger partial charge on any atom is -0.478 e. The summed E-state index contributed by atoms with van der Waals surface area (Å²) in [7, 11) is 0. The predicted molar refractivity (Wildman–Crippen MR) is 55.2 cm³/mol. The van der Waals surface area contributed by atoms with Gasteiger partial charge in [0, 0.05) is 5.69 Å². The van der Waals surface area contributed by atoms with Crippen LogP contribution in [0.4, 0.5) is 5.69 Å². The third-order valence-electron chi connectivity index (χ3n) is 2.38. The van der Waals surface area contributed by atoms with E-state index in [1.165, 1.54) is 0 Å². The number of nitrogen functional groups attached to an aromatic ring is 1. The number of benzene rings is 1. The van der Waals surface area contributed by atoms with E-state index in [9.17, 15) is 4.79 Å². The fraction of sp³-hybridized carbons (Fsp3) is 0.182. The van der Waals surface area contributed by atoms with Crippen LogP contribution >= 0.6 is 0 Å². The van der Waals surface area contributed by atoms with E-state index in [2.05, 4.69) is 6.08 Å². The highest BCUT2D eigenvalue weighted by Crippen LogP contribution is 2.06. The van der Waals surface area contributed by atoms with Crippen molar-refractivity contribution in [3.8, 4) is 0 Å². The van der Waals surface area contributed by atoms with Crippen molar-refractivity contribution in [2.75, 3.05) is 5.73 Å². The number of anilines is 1. The van der Waals surface area contributed by atoms with Crippen molar-refractivity contribution in [2.24, 2.45) is 0 Å². The molecule has 0 atom stereocenters. The fourth-order valence-electron chi connectivity index (χ4n) is 1.67. The molecule has 0 heterocycles. The van der Waals surface area contributed by atoms with Crippen LogP contribution in [-0.4, -0.2) is 11.1 Å². The number of carbonyl (C=O) groups is 1. The zero-order chi connectivity index (χ0) is 10.1. The van der Waals surface area contributed by atoms with Crippen LogP contribution in [0.15, 0.2) is 12.1 Å². The Kier molecular flexibility index (Phi) is 2.00. The number of fused-ring (bicyclic) bond motifs is 1. The zero-order valence-corrected chi connectivity index (χ0v) is 7.66. The molecule has 0 fully saturated rings. The van der Waals surface area contributed by atoms with E-state index < -0.39 is 5.97 Å². The molecule has 0 saturated carbocycles. The van der Waals surface area contributed by atoms with Crippen molar-refractivity contribution >= 4 is 23.8 Å². The lowest BCUT2D eigenvalue weighted by atomic mass is 10.0. The minimum atomic E-state index is -0.968. The summed E-state index contributed by atoms with van der Waals surface area (Å²) in [5, 5.41) is 10.9. The molecular weight excluding hydrogens is 178 g/mol. The highest BCUT2D eigenvalue weighted by Gasteiger charge is 2.08. The number of carboxylic acid groups (broad SMARTS) is 1. The van der Waals surface area contributed by atoms with Gasteiger partial charge < -0.3 is 10.8 Å². The lowest BCUT2D eigenvalue weighted by molar-refractivity contribution is 0.0698. The van der Waals surface area contributed by atoms with Gasteiger partial charge in [-0.2, -0.15) is 0 Å². The van der Waals surface area contributed by atoms with Crippen molar-refractivity contribution in [2.45, 2.75) is 12.8 Å². The van der Waals surface area contributed by atoms with Crippen LogP contribution in [0.5, 0.6) is 0 Å². The maximum absolute atomic E-state index is 10.8. The second kappa shape index (κ2) is 3.18. The van der Waals surface area contributed by atoms with Gasteiger partial charge in [0.25, 0.3) is 0 Å². The Morgan fingerprint density at radius 3 is 2.36 bits per heavy atom. The number of carboxylic acids is 1. The number of nitrogens with two attached hydrogens (primary N) is 1. The normalized spacial score (nSPS) is 13.7. The smallest absolute Gasteiger partial charge is 0.337 e. The average Bonchev–Trinajstić information content (AvgIpc) is 2.16. The lowest BCUT2D eigenvalue weighted by Gasteiger charge is -2.04. The van der Waals surface area contributed by atoms with Crippen LogP contribution in [0.2, 0.25) is 0 Å². The molecule has 1 aromatic rings. The molecule has 0 bridgehead atoms. The SMILES string of the molecule is Nc1cc2c(cc1C(=O)O)=CCCC=2. The molecule has 3 N–H and O–H groups in total. The van der Waals surface area contributed by atoms with Crippen LogP contribution in [0.1, 0.15) is 23.2 Å². The molecule has 0 saturated heterocycles. The monoisotopic (exact) mass is 189 g/mol. The third kappa shape index (κ3) is 1.37. The van der Waals surface area contributed by atoms with E-state index in [1.807, 2.05) is 6.08 Å². The molecule has 0 radical (unpaired) electrons. The molecule has 14 heavy (non-hydrogen) atoms. The van der Waals surface area contributed by atoms with Gasteiger partial charge in [0.1, 0.15) is 0 Å². The first-order chi connectivity index (χ1) is 6.68. The summed E-state index contributed by atoms with van der Waals surface area (Å²) in [6.45, 7) is 0. The molecule has 1 aliphatic rings. The highest BCUT2D eigenvalue weighted by atomic mass is 16.4. The number of aromatic carboxylic acids is 1. The van der Waals surface area contributed by atoms with Gasteiger partial charge in [-0.25, -0.2) is 4.79 Å². The quantitative estimate of drug-likeness (QED) is 0.625. The second-order valence-corrected chi connectivity index (χ2v) is 3.36. The van der Waals surface area contributed by atoms with Gasteiger partial charge in [0.2, 0.25) is 0 Å². The number of rotatable bonds is 1. The Morgan fingerprint density at radius 1 is 1.21 bits per heavy atom. The summed E-state index contributed by atoms with van der Waals surface area (Å²) >= 11 is 0. The van der Waals surface area contributed by atoms with Crippen molar-refractivity contribution in [1.29, 1.82) is 0 Å². The van der Waals surface area contributed by atoms with Gasteiger partial charge in [-0.05, 0) is 35.4 Å². The van der Waals surface area contributed by atoms with Gasteiger partial charge in [-0.3, -0.25) is 0 Å². The maximum Gasteiger partial charge on any atom is 0.337 e. The summed E-state index contributed by atoms with van der Waals surface area (Å²) in [5.74, 6) is -0.968. The van der Waals surface area contributed by atoms with Gasteiger partial charge in [0.05, 0.1) is 5.56 Å². The summed E-state index contributed by atoms with van der Waals surface area (Å²) in [6, 6.07) is 3.37. The van der Waals surface area contributed by atoms with E-state index in [-0.39, 0.29) is 5.56 Å². The molecule has 2 rings (SSSR count). The Labute approximate surface area is 81.2 Å². The van der Waals surface area contributed by atoms with Crippen molar-refractivity contribution < 1.29 is 9.90 Å². The molecule has 72 valence electrons. The number of hydrogen-bond donors (Lipinski definition) is 2. The first kappa shape index (κ1) is 8.81. The molecule has 0 unspecified atom stereocenters. The average molecular weight is 189 g/mol. The summed E-state index contributed by atoms with van der Waals surface area (Å²) in [5.41, 5.74) is 6.16. The van der Waals surface area contributed by atoms with Gasteiger partial charge in [-0.1, -0.05) is 12.2 Å². The largest absolute Gasteiger partial charge is 0.478 e. The van der Waals surface area contributed by atoms with Crippen LogP contribution in [0.3, 0.4) is 0 Å². The molecule has 1 aliphatic carbocycles. The predicted octanol–water partition coefficient (Wildman–Crippen LogP) is 0.322. The fourth-order valence-corrected chi connectivity index (χ4v) is 1.67. The van der Waals surface area contributed by atoms with E-state index in [0.717, 1.165) is 23.3 Å². The molecule has 0 aromatic heterocycles. The highest BCUT2D eigenvalue weighted by molar-refractivity contribution is 5.93. The molecule has 0 amide bonds. The van der Waals surface area contributed by atoms with E-state index in [1.54, 1.807) is 12.1 Å². The Morgan fingerprint density at radius 2 is 1.79 bits per heavy atom. The van der Waals surface area contributed by atoms with Gasteiger partial charge in [0.15, 0.2) is 0 Å². The first-order valence-corrected chi connectivity index (χ1v) is 4.51. The van der Waals surface area contributed by atoms with Crippen molar-refractivity contribution in [3.05, 3.63) is 28.1 Å². The minimum absolute atomic E-state index is 0.190. The van der Waals surface area contributed by atoms with E-state index in [4.69, 9.17) is 10.8 Å². The second-order valence-electron chi connectivity index (χ2n) is 3.36. The zero-order valence-electron chi connectivity index (χ0n) is 7.66. The maximum atomic E-state index is 10.8. The van der Waals surface area contributed by atoms with Crippen molar-refractivity contribution in [3.63, 3.8) is 0 Å². The summed E-state index contributed by atoms with van der Waals surface area (Å²) in [4.78, 5) is 10.8.